The van der Waals surface area contributed by atoms with Gasteiger partial charge in [-0.15, -0.1) is 0 Å². The molecular formula is C11H13ClN2O2. The summed E-state index contributed by atoms with van der Waals surface area (Å²) in [5, 5.41) is 9.04. The molecule has 1 aromatic heterocycles. The first-order valence-electron chi connectivity index (χ1n) is 4.66. The highest BCUT2D eigenvalue weighted by Crippen LogP contribution is 2.20. The van der Waals surface area contributed by atoms with Crippen LogP contribution in [0.25, 0.3) is 0 Å². The van der Waals surface area contributed by atoms with E-state index in [2.05, 4.69) is 11.6 Å². The molecule has 0 aliphatic rings. The molecule has 0 unspecified atom stereocenters. The zero-order chi connectivity index (χ0) is 12.3. The lowest BCUT2D eigenvalue weighted by atomic mass is 10.2. The van der Waals surface area contributed by atoms with Crippen molar-refractivity contribution in [2.45, 2.75) is 6.92 Å². The molecule has 0 spiro atoms. The fourth-order valence-electron chi connectivity index (χ4n) is 1.29. The van der Waals surface area contributed by atoms with Crippen LogP contribution < -0.4 is 4.90 Å². The summed E-state index contributed by atoms with van der Waals surface area (Å²) in [6, 6.07) is 1.45. The van der Waals surface area contributed by atoms with Crippen LogP contribution >= 0.6 is 11.6 Å². The van der Waals surface area contributed by atoms with Crippen LogP contribution in [-0.4, -0.2) is 29.7 Å². The van der Waals surface area contributed by atoms with Gasteiger partial charge < -0.3 is 10.0 Å². The summed E-state index contributed by atoms with van der Waals surface area (Å²) < 4.78 is 0. The maximum Gasteiger partial charge on any atom is 0.337 e. The molecule has 1 heterocycles. The summed E-state index contributed by atoms with van der Waals surface area (Å²) in [5.41, 5.74) is 1.02. The third kappa shape index (κ3) is 2.97. The number of carboxylic acids is 1. The number of carboxylic acid groups (broad SMARTS) is 1. The minimum atomic E-state index is -1.06. The van der Waals surface area contributed by atoms with Gasteiger partial charge in [-0.05, 0) is 13.0 Å². The number of halogens is 1. The number of hydrogen-bond donors (Lipinski definition) is 1. The molecule has 0 atom stereocenters. The topological polar surface area (TPSA) is 53.4 Å². The zero-order valence-corrected chi connectivity index (χ0v) is 9.95. The van der Waals surface area contributed by atoms with Crippen LogP contribution in [0, 0.1) is 0 Å². The molecule has 16 heavy (non-hydrogen) atoms. The minimum absolute atomic E-state index is 0.0558. The van der Waals surface area contributed by atoms with Crippen molar-refractivity contribution in [3.63, 3.8) is 0 Å². The van der Waals surface area contributed by atoms with Gasteiger partial charge >= 0.3 is 5.97 Å². The molecule has 1 rings (SSSR count). The number of anilines is 1. The van der Waals surface area contributed by atoms with E-state index in [1.165, 1.54) is 12.3 Å². The van der Waals surface area contributed by atoms with Crippen LogP contribution in [0.3, 0.4) is 0 Å². The number of nitrogens with zero attached hydrogens (tertiary/aromatic N) is 2. The van der Waals surface area contributed by atoms with Crippen molar-refractivity contribution in [2.24, 2.45) is 0 Å². The SMILES string of the molecule is C=C(C)CN(C)c1cc(C(=O)O)c(Cl)cn1. The maximum absolute atomic E-state index is 10.9. The van der Waals surface area contributed by atoms with Gasteiger partial charge in [-0.1, -0.05) is 23.8 Å². The molecule has 0 fully saturated rings. The molecule has 4 nitrogen and oxygen atoms in total. The highest BCUT2D eigenvalue weighted by atomic mass is 35.5. The molecule has 0 amide bonds. The predicted octanol–water partition coefficient (Wildman–Crippen LogP) is 2.45. The fourth-order valence-corrected chi connectivity index (χ4v) is 1.47. The first-order chi connectivity index (χ1) is 7.41. The molecule has 5 heteroatoms. The van der Waals surface area contributed by atoms with Gasteiger partial charge in [0.25, 0.3) is 0 Å². The Morgan fingerprint density at radius 3 is 2.81 bits per heavy atom. The number of likely N-dealkylation sites (N-methyl/N-ethyl adjacent to an activating group) is 1. The number of pyridine rings is 1. The quantitative estimate of drug-likeness (QED) is 0.822. The molecule has 86 valence electrons. The molecule has 0 aliphatic carbocycles. The number of hydrogen-bond acceptors (Lipinski definition) is 3. The molecule has 0 bridgehead atoms. The van der Waals surface area contributed by atoms with E-state index in [9.17, 15) is 4.79 Å². The number of rotatable bonds is 4. The van der Waals surface area contributed by atoms with E-state index >= 15 is 0 Å². The van der Waals surface area contributed by atoms with E-state index < -0.39 is 5.97 Å². The third-order valence-corrected chi connectivity index (χ3v) is 2.27. The summed E-state index contributed by atoms with van der Waals surface area (Å²) in [6.07, 6.45) is 1.34. The van der Waals surface area contributed by atoms with E-state index in [1.54, 1.807) is 0 Å². The molecular weight excluding hydrogens is 228 g/mol. The van der Waals surface area contributed by atoms with Gasteiger partial charge in [0.15, 0.2) is 0 Å². The number of aromatic nitrogens is 1. The van der Waals surface area contributed by atoms with Crippen LogP contribution in [0.2, 0.25) is 5.02 Å². The lowest BCUT2D eigenvalue weighted by Gasteiger charge is -2.18. The second-order valence-electron chi connectivity index (χ2n) is 3.64. The van der Waals surface area contributed by atoms with Crippen molar-refractivity contribution in [1.29, 1.82) is 0 Å². The van der Waals surface area contributed by atoms with Crippen LogP contribution in [0.1, 0.15) is 17.3 Å². The Balaban J connectivity index is 3.02. The third-order valence-electron chi connectivity index (χ3n) is 1.97. The second kappa shape index (κ2) is 4.99. The van der Waals surface area contributed by atoms with Crippen LogP contribution in [0.4, 0.5) is 5.82 Å². The van der Waals surface area contributed by atoms with Gasteiger partial charge in [0.2, 0.25) is 0 Å². The Kier molecular flexibility index (Phi) is 3.90. The lowest BCUT2D eigenvalue weighted by Crippen LogP contribution is -2.20. The van der Waals surface area contributed by atoms with E-state index in [4.69, 9.17) is 16.7 Å². The summed E-state index contributed by atoms with van der Waals surface area (Å²) in [6.45, 7) is 6.30. The van der Waals surface area contributed by atoms with Crippen LogP contribution in [0.5, 0.6) is 0 Å². The van der Waals surface area contributed by atoms with Crippen LogP contribution in [-0.2, 0) is 0 Å². The van der Waals surface area contributed by atoms with E-state index in [1.807, 2.05) is 18.9 Å². The monoisotopic (exact) mass is 240 g/mol. The normalized spacial score (nSPS) is 9.94. The van der Waals surface area contributed by atoms with Crippen molar-refractivity contribution >= 4 is 23.4 Å². The summed E-state index contributed by atoms with van der Waals surface area (Å²) in [7, 11) is 1.82. The molecule has 1 N–H and O–H groups in total. The van der Waals surface area contributed by atoms with Gasteiger partial charge in [0.05, 0.1) is 10.6 Å². The van der Waals surface area contributed by atoms with Gasteiger partial charge in [-0.25, -0.2) is 9.78 Å². The first-order valence-corrected chi connectivity index (χ1v) is 5.04. The molecule has 1 aromatic rings. The van der Waals surface area contributed by atoms with Gasteiger partial charge in [-0.2, -0.15) is 0 Å². The molecule has 0 saturated carbocycles. The first kappa shape index (κ1) is 12.5. The highest BCUT2D eigenvalue weighted by Gasteiger charge is 2.12. The minimum Gasteiger partial charge on any atom is -0.478 e. The molecule has 0 radical (unpaired) electrons. The van der Waals surface area contributed by atoms with Crippen molar-refractivity contribution in [3.8, 4) is 0 Å². The van der Waals surface area contributed by atoms with E-state index in [0.29, 0.717) is 12.4 Å². The van der Waals surface area contributed by atoms with Gasteiger partial charge in [0, 0.05) is 19.8 Å². The number of aromatic carboxylic acids is 1. The fraction of sp³-hybridized carbons (Fsp3) is 0.273. The van der Waals surface area contributed by atoms with Crippen molar-refractivity contribution in [2.75, 3.05) is 18.5 Å². The van der Waals surface area contributed by atoms with E-state index in [-0.39, 0.29) is 10.6 Å². The Hall–Kier alpha value is -1.55. The lowest BCUT2D eigenvalue weighted by molar-refractivity contribution is 0.0697. The predicted molar refractivity (Wildman–Crippen MR) is 64.3 cm³/mol. The van der Waals surface area contributed by atoms with Crippen molar-refractivity contribution in [1.82, 2.24) is 4.98 Å². The Morgan fingerprint density at radius 1 is 1.69 bits per heavy atom. The molecule has 0 aromatic carbocycles. The average molecular weight is 241 g/mol. The highest BCUT2D eigenvalue weighted by molar-refractivity contribution is 6.33. The Bertz CT molecular complexity index is 432. The van der Waals surface area contributed by atoms with Gasteiger partial charge in [0.1, 0.15) is 5.82 Å². The molecule has 0 saturated heterocycles. The Morgan fingerprint density at radius 2 is 2.31 bits per heavy atom. The largest absolute Gasteiger partial charge is 0.478 e. The van der Waals surface area contributed by atoms with E-state index in [0.717, 1.165) is 5.57 Å². The van der Waals surface area contributed by atoms with Crippen molar-refractivity contribution in [3.05, 3.63) is 35.0 Å². The summed E-state index contributed by atoms with van der Waals surface area (Å²) in [5.74, 6) is -0.498. The summed E-state index contributed by atoms with van der Waals surface area (Å²) in [4.78, 5) is 16.7. The molecule has 0 aliphatic heterocycles. The zero-order valence-electron chi connectivity index (χ0n) is 9.20. The van der Waals surface area contributed by atoms with Crippen LogP contribution in [0.15, 0.2) is 24.4 Å². The number of carbonyl (C=O) groups is 1. The standard InChI is InChI=1S/C11H13ClN2O2/c1-7(2)6-14(3)10-4-8(11(15)16)9(12)5-13-10/h4-5H,1,6H2,2-3H3,(H,15,16). The summed E-state index contributed by atoms with van der Waals surface area (Å²) >= 11 is 5.72. The van der Waals surface area contributed by atoms with Crippen molar-refractivity contribution < 1.29 is 9.90 Å². The smallest absolute Gasteiger partial charge is 0.337 e. The Labute approximate surface area is 99.2 Å². The maximum atomic E-state index is 10.9. The van der Waals surface area contributed by atoms with Gasteiger partial charge in [-0.3, -0.25) is 0 Å². The second-order valence-corrected chi connectivity index (χ2v) is 4.05. The average Bonchev–Trinajstić information content (AvgIpc) is 2.16.